The highest BCUT2D eigenvalue weighted by molar-refractivity contribution is 9.10. The summed E-state index contributed by atoms with van der Waals surface area (Å²) in [6.45, 7) is 7.58. The van der Waals surface area contributed by atoms with Crippen LogP contribution in [-0.4, -0.2) is 16.0 Å². The molecule has 0 aliphatic carbocycles. The Kier molecular flexibility index (Phi) is 4.71. The lowest BCUT2D eigenvalue weighted by atomic mass is 9.92. The summed E-state index contributed by atoms with van der Waals surface area (Å²) < 4.78 is 3.26. The fraction of sp³-hybridized carbons (Fsp3) is 0.500. The molecule has 0 radical (unpaired) electrons. The Morgan fingerprint density at radius 3 is 2.67 bits per heavy atom. The van der Waals surface area contributed by atoms with Crippen molar-refractivity contribution in [2.45, 2.75) is 40.2 Å². The van der Waals surface area contributed by atoms with E-state index in [0.29, 0.717) is 6.42 Å². The lowest BCUT2D eigenvalue weighted by molar-refractivity contribution is -0.479. The Balaban J connectivity index is 2.35. The molecular weight excluding hydrogens is 332 g/mol. The molecule has 1 heterocycles. The highest BCUT2D eigenvalue weighted by atomic mass is 79.9. The summed E-state index contributed by atoms with van der Waals surface area (Å²) in [5.74, 6) is 0. The second-order valence-electron chi connectivity index (χ2n) is 6.63. The summed E-state index contributed by atoms with van der Waals surface area (Å²) in [6.07, 6.45) is 3.62. The number of benzene rings is 1. The van der Waals surface area contributed by atoms with Crippen molar-refractivity contribution in [3.63, 3.8) is 0 Å². The van der Waals surface area contributed by atoms with E-state index in [1.807, 2.05) is 12.1 Å². The summed E-state index contributed by atoms with van der Waals surface area (Å²) in [6, 6.07) is 6.13. The second kappa shape index (κ2) is 6.18. The topological polar surface area (TPSA) is 48.1 Å². The number of halogens is 1. The molecule has 4 nitrogen and oxygen atoms in total. The normalized spacial score (nSPS) is 12.0. The number of hydrogen-bond donors (Lipinski definition) is 0. The highest BCUT2D eigenvalue weighted by Gasteiger charge is 2.14. The minimum atomic E-state index is -0.253. The monoisotopic (exact) mass is 352 g/mol. The molecule has 0 saturated heterocycles. The molecule has 0 amide bonds. The van der Waals surface area contributed by atoms with Crippen LogP contribution in [0.15, 0.2) is 28.9 Å². The van der Waals surface area contributed by atoms with Crippen molar-refractivity contribution in [1.82, 2.24) is 4.57 Å². The van der Waals surface area contributed by atoms with Crippen molar-refractivity contribution in [2.75, 3.05) is 6.54 Å². The largest absolute Gasteiger partial charge is 0.347 e. The van der Waals surface area contributed by atoms with Gasteiger partial charge in [-0.2, -0.15) is 0 Å². The maximum Gasteiger partial charge on any atom is 0.207 e. The van der Waals surface area contributed by atoms with Crippen LogP contribution in [0.5, 0.6) is 0 Å². The number of hydrogen-bond acceptors (Lipinski definition) is 2. The first-order valence-corrected chi connectivity index (χ1v) is 7.95. The average Bonchev–Trinajstić information content (AvgIpc) is 2.70. The molecule has 21 heavy (non-hydrogen) atoms. The molecule has 1 aromatic heterocycles. The van der Waals surface area contributed by atoms with Crippen LogP contribution in [0, 0.1) is 15.5 Å². The van der Waals surface area contributed by atoms with Crippen LogP contribution >= 0.6 is 15.9 Å². The SMILES string of the molecule is CC(C)(C)CCn1cc(CC[N+](=O)[O-])c2ccc(Br)cc21. The number of aryl methyl sites for hydroxylation is 1. The molecule has 0 spiro atoms. The predicted molar refractivity (Wildman–Crippen MR) is 89.3 cm³/mol. The van der Waals surface area contributed by atoms with Crippen LogP contribution in [0.1, 0.15) is 32.8 Å². The third kappa shape index (κ3) is 4.30. The Morgan fingerprint density at radius 1 is 1.33 bits per heavy atom. The number of nitro groups is 1. The molecular formula is C16H21BrN2O2. The maximum absolute atomic E-state index is 10.6. The molecule has 0 atom stereocenters. The smallest absolute Gasteiger partial charge is 0.207 e. The lowest BCUT2D eigenvalue weighted by Crippen LogP contribution is -2.09. The number of aromatic nitrogens is 1. The Labute approximate surface area is 133 Å². The fourth-order valence-electron chi connectivity index (χ4n) is 2.39. The van der Waals surface area contributed by atoms with Crippen LogP contribution in [0.25, 0.3) is 10.9 Å². The standard InChI is InChI=1S/C16H21BrN2O2/c1-16(2,3)7-9-18-11-12(6-8-19(20)21)14-5-4-13(17)10-15(14)18/h4-5,10-11H,6-9H2,1-3H3. The lowest BCUT2D eigenvalue weighted by Gasteiger charge is -2.18. The van der Waals surface area contributed by atoms with Crippen molar-refractivity contribution < 1.29 is 4.92 Å². The van der Waals surface area contributed by atoms with Gasteiger partial charge in [-0.05, 0) is 29.5 Å². The van der Waals surface area contributed by atoms with Gasteiger partial charge >= 0.3 is 0 Å². The van der Waals surface area contributed by atoms with E-state index >= 15 is 0 Å². The number of fused-ring (bicyclic) bond motifs is 1. The van der Waals surface area contributed by atoms with Crippen LogP contribution in [-0.2, 0) is 13.0 Å². The minimum absolute atomic E-state index is 0.0194. The van der Waals surface area contributed by atoms with Crippen molar-refractivity contribution in [2.24, 2.45) is 5.41 Å². The zero-order chi connectivity index (χ0) is 15.6. The molecule has 0 N–H and O–H groups in total. The number of rotatable bonds is 5. The predicted octanol–water partition coefficient (Wildman–Crippen LogP) is 4.66. The molecule has 0 bridgehead atoms. The summed E-state index contributed by atoms with van der Waals surface area (Å²) in [7, 11) is 0. The first-order chi connectivity index (χ1) is 9.76. The first-order valence-electron chi connectivity index (χ1n) is 7.15. The average molecular weight is 353 g/mol. The quantitative estimate of drug-likeness (QED) is 0.580. The van der Waals surface area contributed by atoms with Crippen molar-refractivity contribution in [3.05, 3.63) is 44.5 Å². The van der Waals surface area contributed by atoms with Crippen molar-refractivity contribution in [1.29, 1.82) is 0 Å². The highest BCUT2D eigenvalue weighted by Crippen LogP contribution is 2.27. The summed E-state index contributed by atoms with van der Waals surface area (Å²) in [5, 5.41) is 11.7. The summed E-state index contributed by atoms with van der Waals surface area (Å²) in [5.41, 5.74) is 2.47. The van der Waals surface area contributed by atoms with E-state index in [4.69, 9.17) is 0 Å². The van der Waals surface area contributed by atoms with Crippen LogP contribution in [0.3, 0.4) is 0 Å². The number of nitrogens with zero attached hydrogens (tertiary/aromatic N) is 2. The molecule has 1 aromatic carbocycles. The van der Waals surface area contributed by atoms with E-state index in [0.717, 1.165) is 33.9 Å². The second-order valence-corrected chi connectivity index (χ2v) is 7.54. The van der Waals surface area contributed by atoms with Gasteiger partial charge in [0.25, 0.3) is 0 Å². The zero-order valence-corrected chi connectivity index (χ0v) is 14.3. The van der Waals surface area contributed by atoms with Gasteiger partial charge in [-0.15, -0.1) is 0 Å². The molecule has 2 aromatic rings. The van der Waals surface area contributed by atoms with Gasteiger partial charge < -0.3 is 4.57 Å². The van der Waals surface area contributed by atoms with Crippen LogP contribution < -0.4 is 0 Å². The molecule has 0 fully saturated rings. The van der Waals surface area contributed by atoms with E-state index in [1.54, 1.807) is 0 Å². The molecule has 2 rings (SSSR count). The molecule has 114 valence electrons. The van der Waals surface area contributed by atoms with E-state index in [2.05, 4.69) is 53.5 Å². The van der Waals surface area contributed by atoms with Gasteiger partial charge in [0.2, 0.25) is 6.54 Å². The van der Waals surface area contributed by atoms with Gasteiger partial charge in [-0.3, -0.25) is 10.1 Å². The zero-order valence-electron chi connectivity index (χ0n) is 12.7. The third-order valence-electron chi connectivity index (χ3n) is 3.59. The first kappa shape index (κ1) is 16.0. The van der Waals surface area contributed by atoms with Crippen molar-refractivity contribution in [3.8, 4) is 0 Å². The van der Waals surface area contributed by atoms with E-state index in [1.165, 1.54) is 0 Å². The Morgan fingerprint density at radius 2 is 2.05 bits per heavy atom. The van der Waals surface area contributed by atoms with Gasteiger partial charge in [0, 0.05) is 39.5 Å². The Bertz CT molecular complexity index is 656. The van der Waals surface area contributed by atoms with Gasteiger partial charge in [-0.25, -0.2) is 0 Å². The molecule has 5 heteroatoms. The minimum Gasteiger partial charge on any atom is -0.347 e. The van der Waals surface area contributed by atoms with Gasteiger partial charge in [0.15, 0.2) is 0 Å². The van der Waals surface area contributed by atoms with E-state index < -0.39 is 0 Å². The van der Waals surface area contributed by atoms with E-state index in [9.17, 15) is 10.1 Å². The molecule has 0 unspecified atom stereocenters. The Hall–Kier alpha value is -1.36. The van der Waals surface area contributed by atoms with Gasteiger partial charge in [0.1, 0.15) is 0 Å². The van der Waals surface area contributed by atoms with Gasteiger partial charge in [-0.1, -0.05) is 42.8 Å². The molecule has 0 aliphatic rings. The molecule has 0 saturated carbocycles. The third-order valence-corrected chi connectivity index (χ3v) is 4.09. The molecule has 0 aliphatic heterocycles. The van der Waals surface area contributed by atoms with Crippen LogP contribution in [0.4, 0.5) is 0 Å². The maximum atomic E-state index is 10.6. The fourth-order valence-corrected chi connectivity index (χ4v) is 2.74. The summed E-state index contributed by atoms with van der Waals surface area (Å²) >= 11 is 3.51. The van der Waals surface area contributed by atoms with E-state index in [-0.39, 0.29) is 16.9 Å². The van der Waals surface area contributed by atoms with Crippen molar-refractivity contribution >= 4 is 26.8 Å². The van der Waals surface area contributed by atoms with Gasteiger partial charge in [0.05, 0.1) is 0 Å². The van der Waals surface area contributed by atoms with Crippen LogP contribution in [0.2, 0.25) is 0 Å². The summed E-state index contributed by atoms with van der Waals surface area (Å²) in [4.78, 5) is 10.4.